The van der Waals surface area contributed by atoms with Gasteiger partial charge < -0.3 is 20.7 Å². The summed E-state index contributed by atoms with van der Waals surface area (Å²) in [5.74, 6) is 0.539. The maximum atomic E-state index is 12.2. The van der Waals surface area contributed by atoms with Crippen LogP contribution in [0, 0.1) is 0 Å². The molecule has 0 fully saturated rings. The second kappa shape index (κ2) is 11.4. The lowest BCUT2D eigenvalue weighted by Crippen LogP contribution is -2.21. The van der Waals surface area contributed by atoms with Crippen molar-refractivity contribution < 1.29 is 14.3 Å². The molecule has 0 heterocycles. The molecule has 2 amide bonds. The van der Waals surface area contributed by atoms with E-state index in [0.717, 1.165) is 17.9 Å². The minimum Gasteiger partial charge on any atom is -0.493 e. The SMILES string of the molecule is CCC(=O)Nc1cccc(NC(=O)CNc2ccc(OCCc3ccccc3)cc2)c1. The molecule has 3 aromatic carbocycles. The molecule has 0 aliphatic carbocycles. The number of hydrogen-bond acceptors (Lipinski definition) is 4. The first-order valence-electron chi connectivity index (χ1n) is 10.3. The van der Waals surface area contributed by atoms with E-state index >= 15 is 0 Å². The summed E-state index contributed by atoms with van der Waals surface area (Å²) < 4.78 is 5.78. The Hall–Kier alpha value is -3.80. The Kier molecular flexibility index (Phi) is 8.05. The summed E-state index contributed by atoms with van der Waals surface area (Å²) in [7, 11) is 0. The summed E-state index contributed by atoms with van der Waals surface area (Å²) in [6.07, 6.45) is 1.25. The van der Waals surface area contributed by atoms with Gasteiger partial charge in [0.05, 0.1) is 13.2 Å². The molecule has 0 atom stereocenters. The van der Waals surface area contributed by atoms with Gasteiger partial charge in [0.15, 0.2) is 0 Å². The standard InChI is InChI=1S/C25H27N3O3/c1-2-24(29)27-21-9-6-10-22(17-21)28-25(30)18-26-20-11-13-23(14-12-20)31-16-15-19-7-4-3-5-8-19/h3-14,17,26H,2,15-16,18H2,1H3,(H,27,29)(H,28,30). The molecule has 6 heteroatoms. The van der Waals surface area contributed by atoms with Gasteiger partial charge in [-0.3, -0.25) is 9.59 Å². The van der Waals surface area contributed by atoms with Crippen LogP contribution in [0.2, 0.25) is 0 Å². The van der Waals surface area contributed by atoms with E-state index in [0.29, 0.717) is 24.4 Å². The zero-order valence-corrected chi connectivity index (χ0v) is 17.6. The molecule has 3 rings (SSSR count). The Morgan fingerprint density at radius 2 is 1.45 bits per heavy atom. The minimum atomic E-state index is -0.179. The summed E-state index contributed by atoms with van der Waals surface area (Å²) in [5, 5.41) is 8.69. The number of carbonyl (C=O) groups is 2. The number of hydrogen-bond donors (Lipinski definition) is 3. The van der Waals surface area contributed by atoms with Crippen molar-refractivity contribution in [2.45, 2.75) is 19.8 Å². The molecule has 0 radical (unpaired) electrons. The second-order valence-corrected chi connectivity index (χ2v) is 6.99. The average molecular weight is 418 g/mol. The van der Waals surface area contributed by atoms with Crippen molar-refractivity contribution in [2.75, 3.05) is 29.1 Å². The van der Waals surface area contributed by atoms with Crippen LogP contribution in [-0.2, 0) is 16.0 Å². The monoisotopic (exact) mass is 417 g/mol. The van der Waals surface area contributed by atoms with Crippen molar-refractivity contribution in [3.8, 4) is 5.75 Å². The number of ether oxygens (including phenoxy) is 1. The van der Waals surface area contributed by atoms with Gasteiger partial charge in [0.2, 0.25) is 11.8 Å². The maximum absolute atomic E-state index is 12.2. The normalized spacial score (nSPS) is 10.2. The zero-order chi connectivity index (χ0) is 21.9. The number of rotatable bonds is 10. The third-order valence-corrected chi connectivity index (χ3v) is 4.56. The first kappa shape index (κ1) is 21.9. The Bertz CT molecular complexity index is 988. The third kappa shape index (κ3) is 7.51. The molecule has 0 saturated carbocycles. The van der Waals surface area contributed by atoms with Crippen molar-refractivity contribution in [1.82, 2.24) is 0 Å². The highest BCUT2D eigenvalue weighted by molar-refractivity contribution is 5.95. The van der Waals surface area contributed by atoms with Crippen LogP contribution in [0.3, 0.4) is 0 Å². The van der Waals surface area contributed by atoms with Gasteiger partial charge in [-0.1, -0.05) is 43.3 Å². The highest BCUT2D eigenvalue weighted by atomic mass is 16.5. The predicted molar refractivity (Wildman–Crippen MR) is 125 cm³/mol. The van der Waals surface area contributed by atoms with Crippen LogP contribution >= 0.6 is 0 Å². The van der Waals surface area contributed by atoms with Crippen LogP contribution in [0.15, 0.2) is 78.9 Å². The van der Waals surface area contributed by atoms with E-state index in [9.17, 15) is 9.59 Å². The van der Waals surface area contributed by atoms with E-state index in [1.807, 2.05) is 42.5 Å². The molecule has 0 spiro atoms. The quantitative estimate of drug-likeness (QED) is 0.446. The molecule has 0 aliphatic rings. The first-order chi connectivity index (χ1) is 15.1. The highest BCUT2D eigenvalue weighted by Gasteiger charge is 2.05. The molecule has 0 aromatic heterocycles. The largest absolute Gasteiger partial charge is 0.493 e. The van der Waals surface area contributed by atoms with Gasteiger partial charge in [0.25, 0.3) is 0 Å². The van der Waals surface area contributed by atoms with Crippen LogP contribution in [0.25, 0.3) is 0 Å². The molecular weight excluding hydrogens is 390 g/mol. The van der Waals surface area contributed by atoms with Gasteiger partial charge in [0.1, 0.15) is 5.75 Å². The summed E-state index contributed by atoms with van der Waals surface area (Å²) in [4.78, 5) is 23.7. The average Bonchev–Trinajstić information content (AvgIpc) is 2.79. The Labute approximate surface area is 182 Å². The highest BCUT2D eigenvalue weighted by Crippen LogP contribution is 2.17. The van der Waals surface area contributed by atoms with E-state index < -0.39 is 0 Å². The van der Waals surface area contributed by atoms with Crippen molar-refractivity contribution >= 4 is 28.9 Å². The van der Waals surface area contributed by atoms with Gasteiger partial charge in [-0.05, 0) is 48.0 Å². The van der Waals surface area contributed by atoms with Crippen molar-refractivity contribution in [2.24, 2.45) is 0 Å². The van der Waals surface area contributed by atoms with Crippen LogP contribution in [0.1, 0.15) is 18.9 Å². The molecule has 6 nitrogen and oxygen atoms in total. The molecule has 0 saturated heterocycles. The molecular formula is C25H27N3O3. The van der Waals surface area contributed by atoms with E-state index in [2.05, 4.69) is 28.1 Å². The third-order valence-electron chi connectivity index (χ3n) is 4.56. The van der Waals surface area contributed by atoms with Gasteiger partial charge in [0, 0.05) is 29.9 Å². The molecule has 0 bridgehead atoms. The van der Waals surface area contributed by atoms with Gasteiger partial charge in [-0.25, -0.2) is 0 Å². The Balaban J connectivity index is 1.42. The van der Waals surface area contributed by atoms with Gasteiger partial charge >= 0.3 is 0 Å². The Morgan fingerprint density at radius 1 is 0.774 bits per heavy atom. The summed E-state index contributed by atoms with van der Waals surface area (Å²) in [6.45, 7) is 2.52. The van der Waals surface area contributed by atoms with E-state index in [4.69, 9.17) is 4.74 Å². The van der Waals surface area contributed by atoms with E-state index in [-0.39, 0.29) is 18.4 Å². The lowest BCUT2D eigenvalue weighted by atomic mass is 10.2. The molecule has 31 heavy (non-hydrogen) atoms. The van der Waals surface area contributed by atoms with Crippen molar-refractivity contribution in [3.05, 3.63) is 84.4 Å². The first-order valence-corrected chi connectivity index (χ1v) is 10.3. The summed E-state index contributed by atoms with van der Waals surface area (Å²) in [5.41, 5.74) is 3.35. The number of amides is 2. The van der Waals surface area contributed by atoms with Crippen molar-refractivity contribution in [1.29, 1.82) is 0 Å². The van der Waals surface area contributed by atoms with Crippen LogP contribution in [0.4, 0.5) is 17.1 Å². The topological polar surface area (TPSA) is 79.5 Å². The predicted octanol–water partition coefficient (Wildman–Crippen LogP) is 4.71. The summed E-state index contributed by atoms with van der Waals surface area (Å²) >= 11 is 0. The summed E-state index contributed by atoms with van der Waals surface area (Å²) in [6, 6.07) is 24.8. The zero-order valence-electron chi connectivity index (χ0n) is 17.6. The minimum absolute atomic E-state index is 0.0716. The van der Waals surface area contributed by atoms with Crippen LogP contribution in [0.5, 0.6) is 5.75 Å². The molecule has 3 N–H and O–H groups in total. The number of nitrogens with one attached hydrogen (secondary N) is 3. The van der Waals surface area contributed by atoms with Gasteiger partial charge in [-0.15, -0.1) is 0 Å². The van der Waals surface area contributed by atoms with Crippen LogP contribution < -0.4 is 20.7 Å². The van der Waals surface area contributed by atoms with Crippen LogP contribution in [-0.4, -0.2) is 25.0 Å². The second-order valence-electron chi connectivity index (χ2n) is 6.99. The fourth-order valence-corrected chi connectivity index (χ4v) is 2.91. The molecule has 0 aliphatic heterocycles. The molecule has 0 unspecified atom stereocenters. The Morgan fingerprint density at radius 3 is 2.13 bits per heavy atom. The van der Waals surface area contributed by atoms with E-state index in [1.165, 1.54) is 5.56 Å². The number of carbonyl (C=O) groups excluding carboxylic acids is 2. The van der Waals surface area contributed by atoms with E-state index in [1.54, 1.807) is 31.2 Å². The lowest BCUT2D eigenvalue weighted by molar-refractivity contribution is -0.116. The lowest BCUT2D eigenvalue weighted by Gasteiger charge is -2.11. The number of benzene rings is 3. The fraction of sp³-hybridized carbons (Fsp3) is 0.200. The smallest absolute Gasteiger partial charge is 0.243 e. The van der Waals surface area contributed by atoms with Gasteiger partial charge in [-0.2, -0.15) is 0 Å². The number of anilines is 3. The molecule has 3 aromatic rings. The molecule has 160 valence electrons. The fourth-order valence-electron chi connectivity index (χ4n) is 2.91. The van der Waals surface area contributed by atoms with Crippen molar-refractivity contribution in [3.63, 3.8) is 0 Å². The maximum Gasteiger partial charge on any atom is 0.243 e.